The standard InChI is InChI=1S/C15H22N2/c1-16-15(12-4-6-17-7-5-12)10-14-9-11-2-3-13(14)8-11/h4-7,11,13-16H,2-3,8-10H2,1H3. The molecule has 0 spiro atoms. The molecule has 2 saturated carbocycles. The van der Waals surface area contributed by atoms with Gasteiger partial charge in [-0.3, -0.25) is 4.98 Å². The Balaban J connectivity index is 1.67. The van der Waals surface area contributed by atoms with E-state index in [1.807, 2.05) is 12.4 Å². The lowest BCUT2D eigenvalue weighted by molar-refractivity contribution is 0.284. The summed E-state index contributed by atoms with van der Waals surface area (Å²) >= 11 is 0. The van der Waals surface area contributed by atoms with E-state index in [4.69, 9.17) is 0 Å². The maximum Gasteiger partial charge on any atom is 0.0321 e. The minimum atomic E-state index is 0.516. The molecule has 2 aliphatic carbocycles. The first-order valence-corrected chi connectivity index (χ1v) is 6.94. The van der Waals surface area contributed by atoms with Gasteiger partial charge in [-0.25, -0.2) is 0 Å². The second kappa shape index (κ2) is 4.77. The van der Waals surface area contributed by atoms with Crippen LogP contribution in [0.4, 0.5) is 0 Å². The van der Waals surface area contributed by atoms with E-state index in [9.17, 15) is 0 Å². The predicted octanol–water partition coefficient (Wildman–Crippen LogP) is 3.17. The number of fused-ring (bicyclic) bond motifs is 2. The summed E-state index contributed by atoms with van der Waals surface area (Å²) in [6, 6.07) is 4.81. The van der Waals surface area contributed by atoms with Gasteiger partial charge in [-0.1, -0.05) is 6.42 Å². The highest BCUT2D eigenvalue weighted by atomic mass is 14.9. The van der Waals surface area contributed by atoms with E-state index in [1.165, 1.54) is 37.7 Å². The van der Waals surface area contributed by atoms with Gasteiger partial charge in [0.05, 0.1) is 0 Å². The molecule has 0 radical (unpaired) electrons. The Morgan fingerprint density at radius 1 is 1.29 bits per heavy atom. The third-order valence-corrected chi connectivity index (χ3v) is 4.88. The monoisotopic (exact) mass is 230 g/mol. The topological polar surface area (TPSA) is 24.9 Å². The molecule has 2 nitrogen and oxygen atoms in total. The number of hydrogen-bond acceptors (Lipinski definition) is 2. The van der Waals surface area contributed by atoms with Gasteiger partial charge in [-0.05, 0) is 68.2 Å². The van der Waals surface area contributed by atoms with E-state index in [0.29, 0.717) is 6.04 Å². The summed E-state index contributed by atoms with van der Waals surface area (Å²) in [6.45, 7) is 0. The Labute approximate surface area is 104 Å². The van der Waals surface area contributed by atoms with Crippen LogP contribution in [0.3, 0.4) is 0 Å². The van der Waals surface area contributed by atoms with E-state index in [0.717, 1.165) is 17.8 Å². The van der Waals surface area contributed by atoms with Gasteiger partial charge in [0.15, 0.2) is 0 Å². The molecule has 2 heteroatoms. The zero-order valence-corrected chi connectivity index (χ0v) is 10.6. The van der Waals surface area contributed by atoms with Gasteiger partial charge in [-0.2, -0.15) is 0 Å². The molecule has 17 heavy (non-hydrogen) atoms. The summed E-state index contributed by atoms with van der Waals surface area (Å²) in [5.74, 6) is 3.04. The summed E-state index contributed by atoms with van der Waals surface area (Å²) in [5.41, 5.74) is 1.39. The molecule has 2 bridgehead atoms. The molecule has 0 aromatic carbocycles. The van der Waals surface area contributed by atoms with Crippen LogP contribution in [0.2, 0.25) is 0 Å². The van der Waals surface area contributed by atoms with E-state index < -0.39 is 0 Å². The molecule has 1 heterocycles. The number of nitrogens with one attached hydrogen (secondary N) is 1. The molecule has 1 aromatic heterocycles. The first kappa shape index (κ1) is 11.2. The Hall–Kier alpha value is -0.890. The van der Waals surface area contributed by atoms with Crippen LogP contribution in [0, 0.1) is 17.8 Å². The highest BCUT2D eigenvalue weighted by Crippen LogP contribution is 2.50. The maximum absolute atomic E-state index is 4.10. The molecule has 1 aromatic rings. The average Bonchev–Trinajstić information content (AvgIpc) is 2.99. The van der Waals surface area contributed by atoms with Crippen LogP contribution in [0.1, 0.15) is 43.7 Å². The van der Waals surface area contributed by atoms with Gasteiger partial charge in [0.2, 0.25) is 0 Å². The molecule has 4 atom stereocenters. The third kappa shape index (κ3) is 2.23. The molecule has 2 aliphatic rings. The fourth-order valence-electron chi connectivity index (χ4n) is 3.98. The minimum Gasteiger partial charge on any atom is -0.313 e. The number of hydrogen-bond donors (Lipinski definition) is 1. The van der Waals surface area contributed by atoms with E-state index in [1.54, 1.807) is 0 Å². The van der Waals surface area contributed by atoms with Crippen LogP contribution < -0.4 is 5.32 Å². The van der Waals surface area contributed by atoms with Gasteiger partial charge < -0.3 is 5.32 Å². The SMILES string of the molecule is CNC(CC1CC2CCC1C2)c1ccncc1. The summed E-state index contributed by atoms with van der Waals surface area (Å²) in [5, 5.41) is 3.48. The van der Waals surface area contributed by atoms with Crippen molar-refractivity contribution in [3.63, 3.8) is 0 Å². The highest BCUT2D eigenvalue weighted by molar-refractivity contribution is 5.15. The van der Waals surface area contributed by atoms with Crippen LogP contribution in [0.25, 0.3) is 0 Å². The van der Waals surface area contributed by atoms with Gasteiger partial charge in [0.25, 0.3) is 0 Å². The Morgan fingerprint density at radius 3 is 2.71 bits per heavy atom. The Kier molecular flexibility index (Phi) is 3.15. The van der Waals surface area contributed by atoms with E-state index >= 15 is 0 Å². The van der Waals surface area contributed by atoms with E-state index in [2.05, 4.69) is 29.5 Å². The fraction of sp³-hybridized carbons (Fsp3) is 0.667. The van der Waals surface area contributed by atoms with Crippen molar-refractivity contribution < 1.29 is 0 Å². The lowest BCUT2D eigenvalue weighted by Gasteiger charge is -2.26. The molecule has 0 amide bonds. The summed E-state index contributed by atoms with van der Waals surface area (Å²) < 4.78 is 0. The Morgan fingerprint density at radius 2 is 2.12 bits per heavy atom. The zero-order chi connectivity index (χ0) is 11.7. The fourth-order valence-corrected chi connectivity index (χ4v) is 3.98. The van der Waals surface area contributed by atoms with Crippen molar-refractivity contribution in [2.75, 3.05) is 7.05 Å². The van der Waals surface area contributed by atoms with Gasteiger partial charge in [0, 0.05) is 18.4 Å². The minimum absolute atomic E-state index is 0.516. The molecule has 92 valence electrons. The van der Waals surface area contributed by atoms with Crippen LogP contribution in [-0.2, 0) is 0 Å². The van der Waals surface area contributed by atoms with Crippen molar-refractivity contribution in [3.8, 4) is 0 Å². The molecule has 2 fully saturated rings. The molecule has 0 aliphatic heterocycles. The second-order valence-electron chi connectivity index (χ2n) is 5.79. The van der Waals surface area contributed by atoms with Gasteiger partial charge in [-0.15, -0.1) is 0 Å². The van der Waals surface area contributed by atoms with Crippen molar-refractivity contribution in [1.82, 2.24) is 10.3 Å². The molecule has 1 N–H and O–H groups in total. The van der Waals surface area contributed by atoms with Crippen LogP contribution >= 0.6 is 0 Å². The van der Waals surface area contributed by atoms with Crippen LogP contribution in [0.5, 0.6) is 0 Å². The zero-order valence-electron chi connectivity index (χ0n) is 10.6. The summed E-state index contributed by atoms with van der Waals surface area (Å²) in [4.78, 5) is 4.10. The maximum atomic E-state index is 4.10. The first-order valence-electron chi connectivity index (χ1n) is 6.94. The molecule has 0 saturated heterocycles. The smallest absolute Gasteiger partial charge is 0.0321 e. The van der Waals surface area contributed by atoms with Gasteiger partial charge >= 0.3 is 0 Å². The number of rotatable bonds is 4. The third-order valence-electron chi connectivity index (χ3n) is 4.88. The first-order chi connectivity index (χ1) is 8.36. The molecular weight excluding hydrogens is 208 g/mol. The second-order valence-corrected chi connectivity index (χ2v) is 5.79. The summed E-state index contributed by atoms with van der Waals surface area (Å²) in [6.07, 6.45) is 11.1. The number of pyridine rings is 1. The lowest BCUT2D eigenvalue weighted by Crippen LogP contribution is -2.22. The normalized spacial score (nSPS) is 32.9. The molecule has 4 unspecified atom stereocenters. The van der Waals surface area contributed by atoms with Crippen molar-refractivity contribution in [2.24, 2.45) is 17.8 Å². The highest BCUT2D eigenvalue weighted by Gasteiger charge is 2.40. The predicted molar refractivity (Wildman–Crippen MR) is 69.6 cm³/mol. The quantitative estimate of drug-likeness (QED) is 0.859. The van der Waals surface area contributed by atoms with Crippen molar-refractivity contribution in [2.45, 2.75) is 38.1 Å². The summed E-state index contributed by atoms with van der Waals surface area (Å²) in [7, 11) is 2.08. The number of aromatic nitrogens is 1. The van der Waals surface area contributed by atoms with Crippen molar-refractivity contribution in [3.05, 3.63) is 30.1 Å². The van der Waals surface area contributed by atoms with Crippen molar-refractivity contribution >= 4 is 0 Å². The van der Waals surface area contributed by atoms with Gasteiger partial charge in [0.1, 0.15) is 0 Å². The van der Waals surface area contributed by atoms with E-state index in [-0.39, 0.29) is 0 Å². The average molecular weight is 230 g/mol. The van der Waals surface area contributed by atoms with Crippen LogP contribution in [-0.4, -0.2) is 12.0 Å². The van der Waals surface area contributed by atoms with Crippen molar-refractivity contribution in [1.29, 1.82) is 0 Å². The molecule has 3 rings (SSSR count). The lowest BCUT2D eigenvalue weighted by atomic mass is 9.83. The number of nitrogens with zero attached hydrogens (tertiary/aromatic N) is 1. The largest absolute Gasteiger partial charge is 0.313 e. The van der Waals surface area contributed by atoms with Crippen LogP contribution in [0.15, 0.2) is 24.5 Å². The Bertz CT molecular complexity index is 362. The molecular formula is C15H22N2.